The number of hydrogen-bond donors (Lipinski definition) is 1. The maximum Gasteiger partial charge on any atom is 0.246 e. The van der Waals surface area contributed by atoms with Crippen molar-refractivity contribution in [1.29, 1.82) is 0 Å². The van der Waals surface area contributed by atoms with Gasteiger partial charge in [-0.25, -0.2) is 26.3 Å². The first-order valence-corrected chi connectivity index (χ1v) is 6.49. The van der Waals surface area contributed by atoms with Crippen LogP contribution in [0.2, 0.25) is 0 Å². The molecule has 0 saturated carbocycles. The fourth-order valence-corrected chi connectivity index (χ4v) is 2.50. The van der Waals surface area contributed by atoms with Gasteiger partial charge in [-0.15, -0.1) is 0 Å². The minimum absolute atomic E-state index is 0.238. The smallest absolute Gasteiger partial charge is 0.207 e. The predicted octanol–water partition coefficient (Wildman–Crippen LogP) is 2.29. The molecule has 17 heavy (non-hydrogen) atoms. The highest BCUT2D eigenvalue weighted by atomic mass is 79.9. The van der Waals surface area contributed by atoms with Gasteiger partial charge in [-0.3, -0.25) is 0 Å². The SMILES string of the molecule is C=C(Br)CNS(=O)(=O)c1c(F)cc(F)cc1F. The van der Waals surface area contributed by atoms with Gasteiger partial charge in [-0.1, -0.05) is 22.5 Å². The third kappa shape index (κ3) is 3.55. The number of hydrogen-bond acceptors (Lipinski definition) is 2. The van der Waals surface area contributed by atoms with Crippen LogP contribution < -0.4 is 4.72 Å². The van der Waals surface area contributed by atoms with E-state index in [0.717, 1.165) is 0 Å². The first kappa shape index (κ1) is 14.2. The molecular weight excluding hydrogens is 323 g/mol. The lowest BCUT2D eigenvalue weighted by atomic mass is 10.3. The highest BCUT2D eigenvalue weighted by molar-refractivity contribution is 9.11. The summed E-state index contributed by atoms with van der Waals surface area (Å²) >= 11 is 2.88. The summed E-state index contributed by atoms with van der Waals surface area (Å²) in [5, 5.41) is 0. The molecule has 0 amide bonds. The van der Waals surface area contributed by atoms with Gasteiger partial charge in [0.25, 0.3) is 0 Å². The number of halogens is 4. The quantitative estimate of drug-likeness (QED) is 0.921. The highest BCUT2D eigenvalue weighted by Crippen LogP contribution is 2.20. The first-order valence-electron chi connectivity index (χ1n) is 4.21. The van der Waals surface area contributed by atoms with Crippen molar-refractivity contribution in [3.05, 3.63) is 40.6 Å². The minimum atomic E-state index is -4.39. The van der Waals surface area contributed by atoms with Crippen LogP contribution in [0.25, 0.3) is 0 Å². The van der Waals surface area contributed by atoms with Gasteiger partial charge in [-0.2, -0.15) is 0 Å². The van der Waals surface area contributed by atoms with E-state index in [1.54, 1.807) is 0 Å². The number of rotatable bonds is 4. The molecule has 0 aromatic heterocycles. The van der Waals surface area contributed by atoms with E-state index in [2.05, 4.69) is 22.5 Å². The van der Waals surface area contributed by atoms with Gasteiger partial charge in [0.15, 0.2) is 4.90 Å². The van der Waals surface area contributed by atoms with Crippen molar-refractivity contribution in [3.63, 3.8) is 0 Å². The third-order valence-corrected chi connectivity index (χ3v) is 3.42. The van der Waals surface area contributed by atoms with Crippen molar-refractivity contribution in [3.8, 4) is 0 Å². The van der Waals surface area contributed by atoms with E-state index in [-0.39, 0.29) is 11.0 Å². The standard InChI is InChI=1S/C9H7BrF3NO2S/c1-5(10)4-14-17(15,16)9-7(12)2-6(11)3-8(9)13/h2-3,14H,1,4H2. The van der Waals surface area contributed by atoms with E-state index in [1.807, 2.05) is 4.72 Å². The zero-order valence-electron chi connectivity index (χ0n) is 8.31. The molecule has 0 atom stereocenters. The van der Waals surface area contributed by atoms with Crippen LogP contribution >= 0.6 is 15.9 Å². The molecule has 1 aromatic carbocycles. The second kappa shape index (κ2) is 5.19. The Balaban J connectivity index is 3.20. The second-order valence-electron chi connectivity index (χ2n) is 3.04. The molecule has 8 heteroatoms. The molecule has 0 radical (unpaired) electrons. The van der Waals surface area contributed by atoms with Crippen LogP contribution in [0.3, 0.4) is 0 Å². The number of sulfonamides is 1. The van der Waals surface area contributed by atoms with Crippen molar-refractivity contribution < 1.29 is 21.6 Å². The van der Waals surface area contributed by atoms with E-state index in [1.165, 1.54) is 0 Å². The largest absolute Gasteiger partial charge is 0.246 e. The van der Waals surface area contributed by atoms with E-state index in [9.17, 15) is 21.6 Å². The molecule has 0 bridgehead atoms. The van der Waals surface area contributed by atoms with E-state index in [4.69, 9.17) is 0 Å². The second-order valence-corrected chi connectivity index (χ2v) is 5.87. The summed E-state index contributed by atoms with van der Waals surface area (Å²) in [6.45, 7) is 3.12. The lowest BCUT2D eigenvalue weighted by Gasteiger charge is -2.08. The fourth-order valence-electron chi connectivity index (χ4n) is 1.03. The summed E-state index contributed by atoms with van der Waals surface area (Å²) in [6.07, 6.45) is 0. The van der Waals surface area contributed by atoms with Crippen LogP contribution in [-0.4, -0.2) is 15.0 Å². The van der Waals surface area contributed by atoms with Gasteiger partial charge in [0.2, 0.25) is 10.0 Å². The molecule has 0 saturated heterocycles. The van der Waals surface area contributed by atoms with Crippen LogP contribution in [0.4, 0.5) is 13.2 Å². The van der Waals surface area contributed by atoms with E-state index in [0.29, 0.717) is 12.1 Å². The van der Waals surface area contributed by atoms with E-state index >= 15 is 0 Å². The Morgan fingerprint density at radius 2 is 1.76 bits per heavy atom. The van der Waals surface area contributed by atoms with Crippen LogP contribution in [0.5, 0.6) is 0 Å². The summed E-state index contributed by atoms with van der Waals surface area (Å²) in [4.78, 5) is -1.22. The number of nitrogens with one attached hydrogen (secondary N) is 1. The Morgan fingerprint density at radius 1 is 1.29 bits per heavy atom. The van der Waals surface area contributed by atoms with Crippen molar-refractivity contribution in [2.45, 2.75) is 4.90 Å². The van der Waals surface area contributed by atoms with Gasteiger partial charge in [-0.05, 0) is 0 Å². The molecule has 0 aliphatic carbocycles. The molecule has 0 fully saturated rings. The molecule has 3 nitrogen and oxygen atoms in total. The first-order chi connectivity index (χ1) is 7.74. The van der Waals surface area contributed by atoms with Crippen molar-refractivity contribution in [2.24, 2.45) is 0 Å². The lowest BCUT2D eigenvalue weighted by molar-refractivity contribution is 0.494. The molecule has 1 rings (SSSR count). The van der Waals surface area contributed by atoms with Gasteiger partial charge >= 0.3 is 0 Å². The molecule has 0 aliphatic heterocycles. The average Bonchev–Trinajstić information content (AvgIpc) is 2.12. The fraction of sp³-hybridized carbons (Fsp3) is 0.111. The maximum absolute atomic E-state index is 13.2. The normalized spacial score (nSPS) is 11.5. The van der Waals surface area contributed by atoms with Crippen molar-refractivity contribution in [1.82, 2.24) is 4.72 Å². The van der Waals surface area contributed by atoms with Gasteiger partial charge in [0.05, 0.1) is 0 Å². The monoisotopic (exact) mass is 329 g/mol. The summed E-state index contributed by atoms with van der Waals surface area (Å²) in [6, 6.07) is 0.585. The number of benzene rings is 1. The zero-order valence-corrected chi connectivity index (χ0v) is 10.7. The van der Waals surface area contributed by atoms with Gasteiger partial charge < -0.3 is 0 Å². The molecule has 0 spiro atoms. The molecular formula is C9H7BrF3NO2S. The summed E-state index contributed by atoms with van der Waals surface area (Å²) in [5.74, 6) is -4.17. The minimum Gasteiger partial charge on any atom is -0.207 e. The van der Waals surface area contributed by atoms with Gasteiger partial charge in [0, 0.05) is 23.2 Å². The summed E-state index contributed by atoms with van der Waals surface area (Å²) in [5.41, 5.74) is 0. The molecule has 0 unspecified atom stereocenters. The molecule has 1 aromatic rings. The Morgan fingerprint density at radius 3 is 2.18 bits per heavy atom. The molecule has 1 N–H and O–H groups in total. The summed E-state index contributed by atoms with van der Waals surface area (Å²) in [7, 11) is -4.39. The molecule has 94 valence electrons. The maximum atomic E-state index is 13.2. The lowest BCUT2D eigenvalue weighted by Crippen LogP contribution is -2.26. The van der Waals surface area contributed by atoms with Crippen molar-refractivity contribution in [2.75, 3.05) is 6.54 Å². The third-order valence-electron chi connectivity index (χ3n) is 1.69. The summed E-state index contributed by atoms with van der Waals surface area (Å²) < 4.78 is 64.2. The van der Waals surface area contributed by atoms with E-state index < -0.39 is 32.4 Å². The molecule has 0 heterocycles. The Labute approximate surface area is 105 Å². The highest BCUT2D eigenvalue weighted by Gasteiger charge is 2.24. The van der Waals surface area contributed by atoms with Gasteiger partial charge in [0.1, 0.15) is 17.5 Å². The van der Waals surface area contributed by atoms with Crippen LogP contribution in [0.15, 0.2) is 28.1 Å². The average molecular weight is 330 g/mol. The Kier molecular flexibility index (Phi) is 4.34. The van der Waals surface area contributed by atoms with Crippen LogP contribution in [0, 0.1) is 17.5 Å². The topological polar surface area (TPSA) is 46.2 Å². The Bertz CT molecular complexity index is 536. The zero-order chi connectivity index (χ0) is 13.2. The van der Waals surface area contributed by atoms with Crippen molar-refractivity contribution >= 4 is 26.0 Å². The Hall–Kier alpha value is -0.860. The molecule has 0 aliphatic rings. The van der Waals surface area contributed by atoms with Crippen LogP contribution in [-0.2, 0) is 10.0 Å². The predicted molar refractivity (Wildman–Crippen MR) is 59.6 cm³/mol. The van der Waals surface area contributed by atoms with Crippen LogP contribution in [0.1, 0.15) is 0 Å².